The van der Waals surface area contributed by atoms with Crippen LogP contribution in [-0.4, -0.2) is 57.6 Å². The SMILES string of the molecule is CC(OC(=O)c1ccc(S(=O)(=O)NCC2CCCO2)cc1)C(=O)N(C)Cc1ccccc1. The van der Waals surface area contributed by atoms with E-state index in [1.807, 2.05) is 30.3 Å². The van der Waals surface area contributed by atoms with Crippen molar-refractivity contribution in [3.05, 3.63) is 65.7 Å². The number of esters is 1. The zero-order valence-corrected chi connectivity index (χ0v) is 19.0. The lowest BCUT2D eigenvalue weighted by Crippen LogP contribution is -2.37. The fraction of sp³-hybridized carbons (Fsp3) is 0.391. The zero-order valence-electron chi connectivity index (χ0n) is 18.2. The highest BCUT2D eigenvalue weighted by Crippen LogP contribution is 2.15. The maximum atomic E-state index is 12.5. The van der Waals surface area contributed by atoms with E-state index < -0.39 is 22.1 Å². The number of hydrogen-bond acceptors (Lipinski definition) is 6. The first-order valence-electron chi connectivity index (χ1n) is 10.5. The summed E-state index contributed by atoms with van der Waals surface area (Å²) in [5.74, 6) is -1.03. The molecule has 0 bridgehead atoms. The number of nitrogens with zero attached hydrogens (tertiary/aromatic N) is 1. The highest BCUT2D eigenvalue weighted by Gasteiger charge is 2.24. The van der Waals surface area contributed by atoms with E-state index in [9.17, 15) is 18.0 Å². The van der Waals surface area contributed by atoms with Crippen LogP contribution in [0.5, 0.6) is 0 Å². The van der Waals surface area contributed by atoms with Gasteiger partial charge in [-0.05, 0) is 49.6 Å². The zero-order chi connectivity index (χ0) is 23.1. The van der Waals surface area contributed by atoms with Gasteiger partial charge in [-0.1, -0.05) is 30.3 Å². The van der Waals surface area contributed by atoms with Gasteiger partial charge < -0.3 is 14.4 Å². The number of hydrogen-bond donors (Lipinski definition) is 1. The Morgan fingerprint density at radius 3 is 2.47 bits per heavy atom. The number of benzene rings is 2. The normalized spacial score (nSPS) is 17.0. The molecular formula is C23H28N2O6S. The van der Waals surface area contributed by atoms with Crippen molar-refractivity contribution < 1.29 is 27.5 Å². The van der Waals surface area contributed by atoms with Gasteiger partial charge >= 0.3 is 5.97 Å². The molecule has 172 valence electrons. The summed E-state index contributed by atoms with van der Waals surface area (Å²) in [4.78, 5) is 26.5. The van der Waals surface area contributed by atoms with Gasteiger partial charge in [-0.2, -0.15) is 0 Å². The molecule has 8 nitrogen and oxygen atoms in total. The van der Waals surface area contributed by atoms with Gasteiger partial charge in [-0.3, -0.25) is 4.79 Å². The second-order valence-corrected chi connectivity index (χ2v) is 9.51. The smallest absolute Gasteiger partial charge is 0.338 e. The first-order valence-corrected chi connectivity index (χ1v) is 12.0. The molecule has 1 aliphatic rings. The lowest BCUT2D eigenvalue weighted by molar-refractivity contribution is -0.139. The average Bonchev–Trinajstić information content (AvgIpc) is 3.32. The fourth-order valence-corrected chi connectivity index (χ4v) is 4.45. The van der Waals surface area contributed by atoms with Gasteiger partial charge in [-0.15, -0.1) is 0 Å². The largest absolute Gasteiger partial charge is 0.449 e. The molecule has 1 heterocycles. The Hall–Kier alpha value is -2.75. The number of sulfonamides is 1. The number of carbonyl (C=O) groups is 2. The number of carbonyl (C=O) groups excluding carboxylic acids is 2. The molecule has 2 atom stereocenters. The predicted molar refractivity (Wildman–Crippen MR) is 118 cm³/mol. The van der Waals surface area contributed by atoms with Crippen molar-refractivity contribution in [1.29, 1.82) is 0 Å². The van der Waals surface area contributed by atoms with Gasteiger partial charge in [0, 0.05) is 26.7 Å². The van der Waals surface area contributed by atoms with Crippen LogP contribution in [0.1, 0.15) is 35.7 Å². The summed E-state index contributed by atoms with van der Waals surface area (Å²) >= 11 is 0. The maximum Gasteiger partial charge on any atom is 0.338 e. The maximum absolute atomic E-state index is 12.5. The number of ether oxygens (including phenoxy) is 2. The van der Waals surface area contributed by atoms with E-state index in [2.05, 4.69) is 4.72 Å². The Morgan fingerprint density at radius 1 is 1.16 bits per heavy atom. The van der Waals surface area contributed by atoms with Crippen molar-refractivity contribution in [2.24, 2.45) is 0 Å². The van der Waals surface area contributed by atoms with Crippen LogP contribution in [0.4, 0.5) is 0 Å². The van der Waals surface area contributed by atoms with Crippen LogP contribution in [0.3, 0.4) is 0 Å². The molecule has 2 aromatic rings. The minimum Gasteiger partial charge on any atom is -0.449 e. The Morgan fingerprint density at radius 2 is 1.84 bits per heavy atom. The van der Waals surface area contributed by atoms with Crippen molar-refractivity contribution in [2.45, 2.75) is 43.4 Å². The van der Waals surface area contributed by atoms with Gasteiger partial charge in [0.15, 0.2) is 6.10 Å². The molecule has 2 unspecified atom stereocenters. The average molecular weight is 461 g/mol. The highest BCUT2D eigenvalue weighted by atomic mass is 32.2. The fourth-order valence-electron chi connectivity index (χ4n) is 3.39. The summed E-state index contributed by atoms with van der Waals surface area (Å²) in [7, 11) is -2.07. The molecule has 1 saturated heterocycles. The molecule has 0 aromatic heterocycles. The lowest BCUT2D eigenvalue weighted by atomic mass is 10.2. The molecule has 0 spiro atoms. The molecule has 9 heteroatoms. The second kappa shape index (κ2) is 10.7. The van der Waals surface area contributed by atoms with Gasteiger partial charge in [0.05, 0.1) is 16.6 Å². The molecule has 32 heavy (non-hydrogen) atoms. The van der Waals surface area contributed by atoms with E-state index >= 15 is 0 Å². The molecule has 0 radical (unpaired) electrons. The monoisotopic (exact) mass is 460 g/mol. The standard InChI is InChI=1S/C23H28N2O6S/c1-17(22(26)25(2)16-18-7-4-3-5-8-18)31-23(27)19-10-12-21(13-11-19)32(28,29)24-15-20-9-6-14-30-20/h3-5,7-8,10-13,17,20,24H,6,9,14-16H2,1-2H3. The third kappa shape index (κ3) is 6.38. The van der Waals surface area contributed by atoms with Gasteiger partial charge in [0.1, 0.15) is 0 Å². The van der Waals surface area contributed by atoms with Crippen LogP contribution in [0.2, 0.25) is 0 Å². The third-order valence-electron chi connectivity index (χ3n) is 5.20. The first kappa shape index (κ1) is 23.9. The predicted octanol–water partition coefficient (Wildman–Crippen LogP) is 2.35. The van der Waals surface area contributed by atoms with Gasteiger partial charge in [0.25, 0.3) is 5.91 Å². The van der Waals surface area contributed by atoms with Crippen LogP contribution >= 0.6 is 0 Å². The van der Waals surface area contributed by atoms with Crippen LogP contribution in [0.15, 0.2) is 59.5 Å². The first-order chi connectivity index (χ1) is 15.3. The highest BCUT2D eigenvalue weighted by molar-refractivity contribution is 7.89. The quantitative estimate of drug-likeness (QED) is 0.577. The molecule has 1 fully saturated rings. The van der Waals surface area contributed by atoms with E-state index in [1.165, 1.54) is 36.1 Å². The molecule has 3 rings (SSSR count). The molecular weight excluding hydrogens is 432 g/mol. The van der Waals surface area contributed by atoms with E-state index in [-0.39, 0.29) is 29.0 Å². The summed E-state index contributed by atoms with van der Waals surface area (Å²) in [5.41, 5.74) is 1.13. The van der Waals surface area contributed by atoms with Crippen LogP contribution in [0.25, 0.3) is 0 Å². The number of amides is 1. The number of likely N-dealkylation sites (N-methyl/N-ethyl adjacent to an activating group) is 1. The number of rotatable bonds is 9. The van der Waals surface area contributed by atoms with Crippen molar-refractivity contribution in [2.75, 3.05) is 20.2 Å². The van der Waals surface area contributed by atoms with Crippen molar-refractivity contribution in [3.8, 4) is 0 Å². The Balaban J connectivity index is 1.54. The molecule has 2 aromatic carbocycles. The lowest BCUT2D eigenvalue weighted by Gasteiger charge is -2.21. The molecule has 1 N–H and O–H groups in total. The summed E-state index contributed by atoms with van der Waals surface area (Å²) in [6.07, 6.45) is 0.655. The van der Waals surface area contributed by atoms with E-state index in [0.29, 0.717) is 13.2 Å². The summed E-state index contributed by atoms with van der Waals surface area (Å²) in [6, 6.07) is 14.9. The Bertz CT molecular complexity index is 1020. The van der Waals surface area contributed by atoms with Crippen molar-refractivity contribution >= 4 is 21.9 Å². The topological polar surface area (TPSA) is 102 Å². The Labute approximate surface area is 188 Å². The van der Waals surface area contributed by atoms with Crippen molar-refractivity contribution in [1.82, 2.24) is 9.62 Å². The van der Waals surface area contributed by atoms with E-state index in [1.54, 1.807) is 7.05 Å². The molecule has 1 amide bonds. The minimum absolute atomic E-state index is 0.0405. The van der Waals surface area contributed by atoms with Crippen LogP contribution in [-0.2, 0) is 30.8 Å². The third-order valence-corrected chi connectivity index (χ3v) is 6.64. The van der Waals surface area contributed by atoms with Gasteiger partial charge in [-0.25, -0.2) is 17.9 Å². The summed E-state index contributed by atoms with van der Waals surface area (Å²) in [6.45, 7) is 2.76. The molecule has 0 saturated carbocycles. The van der Waals surface area contributed by atoms with Crippen molar-refractivity contribution in [3.63, 3.8) is 0 Å². The Kier molecular flexibility index (Phi) is 8.00. The molecule has 0 aliphatic carbocycles. The molecule has 1 aliphatic heterocycles. The number of nitrogens with one attached hydrogen (secondary N) is 1. The van der Waals surface area contributed by atoms with E-state index in [0.717, 1.165) is 18.4 Å². The summed E-state index contributed by atoms with van der Waals surface area (Å²) in [5, 5.41) is 0. The van der Waals surface area contributed by atoms with E-state index in [4.69, 9.17) is 9.47 Å². The van der Waals surface area contributed by atoms with Gasteiger partial charge in [0.2, 0.25) is 10.0 Å². The minimum atomic E-state index is -3.71. The summed E-state index contributed by atoms with van der Waals surface area (Å²) < 4.78 is 38.1. The van der Waals surface area contributed by atoms with Crippen LogP contribution < -0.4 is 4.72 Å². The second-order valence-electron chi connectivity index (χ2n) is 7.74. The van der Waals surface area contributed by atoms with Crippen LogP contribution in [0, 0.1) is 0 Å².